The monoisotopic (exact) mass is 291 g/mol. The molecule has 0 atom stereocenters. The minimum absolute atomic E-state index is 0.0403. The van der Waals surface area contributed by atoms with Crippen LogP contribution in [0, 0.1) is 17.7 Å². The molecule has 0 spiro atoms. The molecule has 1 aromatic rings. The number of nitrogens with zero attached hydrogens (tertiary/aromatic N) is 1. The first kappa shape index (κ1) is 15.5. The second-order valence-electron chi connectivity index (χ2n) is 4.91. The van der Waals surface area contributed by atoms with Crippen LogP contribution in [0.3, 0.4) is 0 Å². The Morgan fingerprint density at radius 2 is 2.19 bits per heavy atom. The molecule has 112 valence electrons. The summed E-state index contributed by atoms with van der Waals surface area (Å²) in [5.74, 6) is 4.13. The van der Waals surface area contributed by atoms with Gasteiger partial charge in [0, 0.05) is 31.9 Å². The van der Waals surface area contributed by atoms with E-state index in [0.29, 0.717) is 18.8 Å². The molecule has 4 nitrogen and oxygen atoms in total. The first-order valence-electron chi connectivity index (χ1n) is 6.87. The summed E-state index contributed by atoms with van der Waals surface area (Å²) in [5, 5.41) is 8.62. The smallest absolute Gasteiger partial charge is 0.256 e. The normalized spacial score (nSPS) is 15.2. The number of carbonyl (C=O) groups excluding carboxylic acids is 1. The van der Waals surface area contributed by atoms with E-state index in [1.807, 2.05) is 0 Å². The summed E-state index contributed by atoms with van der Waals surface area (Å²) in [6.45, 7) is 0.968. The van der Waals surface area contributed by atoms with Crippen LogP contribution in [0.25, 0.3) is 0 Å². The number of ether oxygens (including phenoxy) is 1. The Labute approximate surface area is 123 Å². The molecule has 0 radical (unpaired) electrons. The molecule has 1 saturated heterocycles. The Hall–Kier alpha value is -1.90. The SMILES string of the molecule is CN(C(=O)c1ccc(C#CCO)cc1F)C1CCOCC1. The van der Waals surface area contributed by atoms with Crippen molar-refractivity contribution in [2.45, 2.75) is 18.9 Å². The fourth-order valence-corrected chi connectivity index (χ4v) is 2.34. The highest BCUT2D eigenvalue weighted by atomic mass is 19.1. The Bertz CT molecular complexity index is 571. The van der Waals surface area contributed by atoms with E-state index in [2.05, 4.69) is 11.8 Å². The van der Waals surface area contributed by atoms with Crippen LogP contribution in [-0.4, -0.2) is 48.8 Å². The lowest BCUT2D eigenvalue weighted by atomic mass is 10.1. The first-order chi connectivity index (χ1) is 10.1. The van der Waals surface area contributed by atoms with Crippen molar-refractivity contribution in [3.63, 3.8) is 0 Å². The predicted molar refractivity (Wildman–Crippen MR) is 76.3 cm³/mol. The van der Waals surface area contributed by atoms with Crippen molar-refractivity contribution in [1.82, 2.24) is 4.90 Å². The second kappa shape index (κ2) is 7.21. The van der Waals surface area contributed by atoms with Gasteiger partial charge in [0.15, 0.2) is 0 Å². The van der Waals surface area contributed by atoms with Crippen molar-refractivity contribution < 1.29 is 19.0 Å². The summed E-state index contributed by atoms with van der Waals surface area (Å²) in [6, 6.07) is 4.32. The lowest BCUT2D eigenvalue weighted by Gasteiger charge is -2.31. The molecule has 1 fully saturated rings. The Morgan fingerprint density at radius 1 is 1.48 bits per heavy atom. The zero-order valence-electron chi connectivity index (χ0n) is 11.9. The highest BCUT2D eigenvalue weighted by Crippen LogP contribution is 2.18. The summed E-state index contributed by atoms with van der Waals surface area (Å²) in [7, 11) is 1.69. The highest BCUT2D eigenvalue weighted by molar-refractivity contribution is 5.94. The van der Waals surface area contributed by atoms with E-state index in [1.165, 1.54) is 12.1 Å². The molecular weight excluding hydrogens is 273 g/mol. The van der Waals surface area contributed by atoms with Crippen LogP contribution in [-0.2, 0) is 4.74 Å². The Balaban J connectivity index is 2.14. The molecule has 1 N–H and O–H groups in total. The fourth-order valence-electron chi connectivity index (χ4n) is 2.34. The van der Waals surface area contributed by atoms with Crippen LogP contribution in [0.2, 0.25) is 0 Å². The van der Waals surface area contributed by atoms with E-state index in [0.717, 1.165) is 12.8 Å². The number of aliphatic hydroxyl groups excluding tert-OH is 1. The van der Waals surface area contributed by atoms with Gasteiger partial charge >= 0.3 is 0 Å². The standard InChI is InChI=1S/C16H18FNO3/c1-18(13-6-9-21-10-7-13)16(20)14-5-4-12(3-2-8-19)11-15(14)17/h4-5,11,13,19H,6-10H2,1H3. The van der Waals surface area contributed by atoms with Crippen LogP contribution in [0.4, 0.5) is 4.39 Å². The summed E-state index contributed by atoms with van der Waals surface area (Å²) in [5.41, 5.74) is 0.477. The molecule has 1 aliphatic rings. The fraction of sp³-hybridized carbons (Fsp3) is 0.438. The van der Waals surface area contributed by atoms with Crippen molar-refractivity contribution in [1.29, 1.82) is 0 Å². The molecule has 0 bridgehead atoms. The molecule has 1 aromatic carbocycles. The van der Waals surface area contributed by atoms with Crippen LogP contribution in [0.15, 0.2) is 18.2 Å². The van der Waals surface area contributed by atoms with E-state index in [1.54, 1.807) is 18.0 Å². The number of benzene rings is 1. The van der Waals surface area contributed by atoms with Gasteiger partial charge in [-0.3, -0.25) is 4.79 Å². The van der Waals surface area contributed by atoms with E-state index in [4.69, 9.17) is 9.84 Å². The zero-order valence-corrected chi connectivity index (χ0v) is 11.9. The van der Waals surface area contributed by atoms with Gasteiger partial charge in [-0.25, -0.2) is 4.39 Å². The van der Waals surface area contributed by atoms with Gasteiger partial charge < -0.3 is 14.7 Å². The van der Waals surface area contributed by atoms with Crippen LogP contribution in [0.5, 0.6) is 0 Å². The highest BCUT2D eigenvalue weighted by Gasteiger charge is 2.25. The molecule has 1 amide bonds. The molecule has 1 aliphatic heterocycles. The van der Waals surface area contributed by atoms with Crippen molar-refractivity contribution in [3.05, 3.63) is 35.1 Å². The number of carbonyl (C=O) groups is 1. The maximum Gasteiger partial charge on any atom is 0.256 e. The third-order valence-corrected chi connectivity index (χ3v) is 3.57. The van der Waals surface area contributed by atoms with Crippen LogP contribution < -0.4 is 0 Å². The molecule has 21 heavy (non-hydrogen) atoms. The van der Waals surface area contributed by atoms with Crippen molar-refractivity contribution in [2.75, 3.05) is 26.9 Å². The van der Waals surface area contributed by atoms with Gasteiger partial charge in [0.25, 0.3) is 5.91 Å². The molecule has 1 heterocycles. The van der Waals surface area contributed by atoms with Gasteiger partial charge in [-0.2, -0.15) is 0 Å². The van der Waals surface area contributed by atoms with E-state index in [9.17, 15) is 9.18 Å². The molecule has 0 saturated carbocycles. The largest absolute Gasteiger partial charge is 0.384 e. The minimum Gasteiger partial charge on any atom is -0.384 e. The lowest BCUT2D eigenvalue weighted by Crippen LogP contribution is -2.40. The first-order valence-corrected chi connectivity index (χ1v) is 6.87. The van der Waals surface area contributed by atoms with Gasteiger partial charge in [-0.05, 0) is 31.0 Å². The number of rotatable bonds is 2. The van der Waals surface area contributed by atoms with Crippen molar-refractivity contribution in [2.24, 2.45) is 0 Å². The molecule has 0 aromatic heterocycles. The molecule has 2 rings (SSSR count). The van der Waals surface area contributed by atoms with Gasteiger partial charge in [0.05, 0.1) is 5.56 Å². The lowest BCUT2D eigenvalue weighted by molar-refractivity contribution is 0.0359. The summed E-state index contributed by atoms with van der Waals surface area (Å²) in [6.07, 6.45) is 1.54. The van der Waals surface area contributed by atoms with E-state index >= 15 is 0 Å². The average molecular weight is 291 g/mol. The minimum atomic E-state index is -0.594. The molecule has 0 unspecified atom stereocenters. The Morgan fingerprint density at radius 3 is 2.81 bits per heavy atom. The van der Waals surface area contributed by atoms with Crippen LogP contribution >= 0.6 is 0 Å². The summed E-state index contributed by atoms with van der Waals surface area (Å²) in [4.78, 5) is 13.9. The molecule has 0 aliphatic carbocycles. The van der Waals surface area contributed by atoms with Gasteiger partial charge in [0.2, 0.25) is 0 Å². The summed E-state index contributed by atoms with van der Waals surface area (Å²) >= 11 is 0. The predicted octanol–water partition coefficient (Wildman–Crippen LogP) is 1.42. The van der Waals surface area contributed by atoms with E-state index < -0.39 is 5.82 Å². The van der Waals surface area contributed by atoms with Crippen LogP contribution in [0.1, 0.15) is 28.8 Å². The maximum atomic E-state index is 14.1. The second-order valence-corrected chi connectivity index (χ2v) is 4.91. The summed E-state index contributed by atoms with van der Waals surface area (Å²) < 4.78 is 19.3. The topological polar surface area (TPSA) is 49.8 Å². The number of hydrogen-bond donors (Lipinski definition) is 1. The molecular formula is C16H18FNO3. The zero-order chi connectivity index (χ0) is 15.2. The van der Waals surface area contributed by atoms with Crippen molar-refractivity contribution >= 4 is 5.91 Å². The van der Waals surface area contributed by atoms with E-state index in [-0.39, 0.29) is 24.1 Å². The van der Waals surface area contributed by atoms with Gasteiger partial charge in [0.1, 0.15) is 12.4 Å². The number of aliphatic hydroxyl groups is 1. The third kappa shape index (κ3) is 3.81. The third-order valence-electron chi connectivity index (χ3n) is 3.57. The quantitative estimate of drug-likeness (QED) is 0.838. The number of amides is 1. The average Bonchev–Trinajstić information content (AvgIpc) is 2.52. The Kier molecular flexibility index (Phi) is 5.32. The number of halogens is 1. The molecule has 5 heteroatoms. The number of hydrogen-bond acceptors (Lipinski definition) is 3. The maximum absolute atomic E-state index is 14.1. The van der Waals surface area contributed by atoms with Gasteiger partial charge in [-0.1, -0.05) is 11.8 Å². The van der Waals surface area contributed by atoms with Crippen molar-refractivity contribution in [3.8, 4) is 11.8 Å². The van der Waals surface area contributed by atoms with Gasteiger partial charge in [-0.15, -0.1) is 0 Å².